The lowest BCUT2D eigenvalue weighted by Gasteiger charge is -1.90. The molecular formula is C7H11NO2. The van der Waals surface area contributed by atoms with Crippen molar-refractivity contribution in [1.29, 1.82) is 0 Å². The number of hydrogen-bond donors (Lipinski definition) is 0. The van der Waals surface area contributed by atoms with Crippen LogP contribution in [0.5, 0.6) is 0 Å². The van der Waals surface area contributed by atoms with E-state index in [4.69, 9.17) is 0 Å². The minimum absolute atomic E-state index is 0.00805. The molecule has 0 N–H and O–H groups in total. The van der Waals surface area contributed by atoms with Crippen LogP contribution in [0.2, 0.25) is 0 Å². The summed E-state index contributed by atoms with van der Waals surface area (Å²) < 4.78 is 0. The fourth-order valence-corrected chi connectivity index (χ4v) is 0.253. The molecular weight excluding hydrogens is 130 g/mol. The molecule has 0 aliphatic heterocycles. The van der Waals surface area contributed by atoms with Crippen LogP contribution in [0.4, 0.5) is 0 Å². The van der Waals surface area contributed by atoms with Crippen LogP contribution in [0.1, 0.15) is 20.8 Å². The van der Waals surface area contributed by atoms with Gasteiger partial charge in [0.2, 0.25) is 0 Å². The molecule has 0 heterocycles. The van der Waals surface area contributed by atoms with Crippen molar-refractivity contribution in [1.82, 2.24) is 0 Å². The maximum atomic E-state index is 10.5. The van der Waals surface area contributed by atoms with Crippen molar-refractivity contribution in [3.63, 3.8) is 0 Å². The highest BCUT2D eigenvalue weighted by Gasteiger charge is 1.93. The summed E-state index contributed by atoms with van der Waals surface area (Å²) in [6.07, 6.45) is 2.83. The lowest BCUT2D eigenvalue weighted by molar-refractivity contribution is -0.113. The van der Waals surface area contributed by atoms with Crippen LogP contribution in [-0.4, -0.2) is 12.0 Å². The van der Waals surface area contributed by atoms with Gasteiger partial charge in [0.15, 0.2) is 5.78 Å². The Hall–Kier alpha value is -1.12. The molecule has 0 amide bonds. The lowest BCUT2D eigenvalue weighted by atomic mass is 10.2. The molecule has 0 unspecified atom stereocenters. The fourth-order valence-electron chi connectivity index (χ4n) is 0.253. The largest absolute Gasteiger partial charge is 0.365 e. The zero-order chi connectivity index (χ0) is 7.98. The van der Waals surface area contributed by atoms with E-state index in [1.54, 1.807) is 13.8 Å². The van der Waals surface area contributed by atoms with E-state index in [0.717, 1.165) is 0 Å². The SMILES string of the molecule is C/C=N/O/C=C(\C)C(C)=O. The van der Waals surface area contributed by atoms with Gasteiger partial charge in [-0.2, -0.15) is 0 Å². The Labute approximate surface area is 60.4 Å². The number of rotatable bonds is 3. The van der Waals surface area contributed by atoms with Crippen LogP contribution in [-0.2, 0) is 9.63 Å². The average molecular weight is 141 g/mol. The monoisotopic (exact) mass is 141 g/mol. The van der Waals surface area contributed by atoms with E-state index < -0.39 is 0 Å². The highest BCUT2D eigenvalue weighted by atomic mass is 16.6. The molecule has 0 aliphatic rings. The molecule has 3 heteroatoms. The van der Waals surface area contributed by atoms with Gasteiger partial charge in [-0.3, -0.25) is 4.79 Å². The van der Waals surface area contributed by atoms with Crippen LogP contribution in [0.3, 0.4) is 0 Å². The molecule has 10 heavy (non-hydrogen) atoms. The Morgan fingerprint density at radius 3 is 2.50 bits per heavy atom. The molecule has 3 nitrogen and oxygen atoms in total. The number of carbonyl (C=O) groups is 1. The first kappa shape index (κ1) is 8.88. The van der Waals surface area contributed by atoms with E-state index >= 15 is 0 Å². The first-order valence-corrected chi connectivity index (χ1v) is 3.00. The lowest BCUT2D eigenvalue weighted by Crippen LogP contribution is -1.90. The molecule has 0 aromatic rings. The summed E-state index contributed by atoms with van der Waals surface area (Å²) in [5, 5.41) is 3.44. The zero-order valence-corrected chi connectivity index (χ0v) is 6.42. The van der Waals surface area contributed by atoms with Crippen LogP contribution < -0.4 is 0 Å². The topological polar surface area (TPSA) is 38.7 Å². The molecule has 0 rings (SSSR count). The Morgan fingerprint density at radius 2 is 2.10 bits per heavy atom. The zero-order valence-electron chi connectivity index (χ0n) is 6.42. The minimum Gasteiger partial charge on any atom is -0.365 e. The summed E-state index contributed by atoms with van der Waals surface area (Å²) >= 11 is 0. The molecule has 0 fully saturated rings. The van der Waals surface area contributed by atoms with Crippen molar-refractivity contribution in [2.45, 2.75) is 20.8 Å². The van der Waals surface area contributed by atoms with Gasteiger partial charge in [-0.15, -0.1) is 0 Å². The van der Waals surface area contributed by atoms with E-state index in [0.29, 0.717) is 5.57 Å². The maximum absolute atomic E-state index is 10.5. The molecule has 0 aromatic carbocycles. The summed E-state index contributed by atoms with van der Waals surface area (Å²) in [7, 11) is 0. The van der Waals surface area contributed by atoms with Gasteiger partial charge in [-0.05, 0) is 20.8 Å². The third kappa shape index (κ3) is 3.83. The second-order valence-electron chi connectivity index (χ2n) is 1.83. The van der Waals surface area contributed by atoms with Crippen molar-refractivity contribution in [3.05, 3.63) is 11.8 Å². The van der Waals surface area contributed by atoms with E-state index in [2.05, 4.69) is 9.99 Å². The Kier molecular flexibility index (Phi) is 4.20. The predicted octanol–water partition coefficient (Wildman–Crippen LogP) is 1.50. The van der Waals surface area contributed by atoms with Gasteiger partial charge >= 0.3 is 0 Å². The summed E-state index contributed by atoms with van der Waals surface area (Å²) in [5.74, 6) is -0.00805. The van der Waals surface area contributed by atoms with E-state index in [9.17, 15) is 4.79 Å². The van der Waals surface area contributed by atoms with Crippen molar-refractivity contribution >= 4 is 12.0 Å². The molecule has 0 bridgehead atoms. The Balaban J connectivity index is 3.80. The fraction of sp³-hybridized carbons (Fsp3) is 0.429. The molecule has 0 aromatic heterocycles. The molecule has 0 radical (unpaired) electrons. The van der Waals surface area contributed by atoms with Gasteiger partial charge in [-0.25, -0.2) is 0 Å². The van der Waals surface area contributed by atoms with Crippen molar-refractivity contribution in [3.8, 4) is 0 Å². The van der Waals surface area contributed by atoms with E-state index in [1.807, 2.05) is 0 Å². The molecule has 0 aliphatic carbocycles. The molecule has 0 spiro atoms. The van der Waals surface area contributed by atoms with Crippen LogP contribution in [0, 0.1) is 0 Å². The van der Waals surface area contributed by atoms with Crippen molar-refractivity contribution < 1.29 is 9.63 Å². The van der Waals surface area contributed by atoms with Gasteiger partial charge in [0.25, 0.3) is 0 Å². The maximum Gasteiger partial charge on any atom is 0.158 e. The van der Waals surface area contributed by atoms with Gasteiger partial charge < -0.3 is 4.84 Å². The average Bonchev–Trinajstić information content (AvgIpc) is 1.88. The Bertz CT molecular complexity index is 170. The van der Waals surface area contributed by atoms with Gasteiger partial charge in [0.1, 0.15) is 6.26 Å². The van der Waals surface area contributed by atoms with E-state index in [1.165, 1.54) is 19.4 Å². The van der Waals surface area contributed by atoms with Crippen LogP contribution >= 0.6 is 0 Å². The minimum atomic E-state index is -0.00805. The molecule has 56 valence electrons. The van der Waals surface area contributed by atoms with Crippen molar-refractivity contribution in [2.75, 3.05) is 0 Å². The number of carbonyl (C=O) groups excluding carboxylic acids is 1. The molecule has 0 atom stereocenters. The number of allylic oxidation sites excluding steroid dienone is 1. The predicted molar refractivity (Wildman–Crippen MR) is 39.7 cm³/mol. The normalized spacial score (nSPS) is 12.1. The quantitative estimate of drug-likeness (QED) is 0.258. The number of nitrogens with zero attached hydrogens (tertiary/aromatic N) is 1. The van der Waals surface area contributed by atoms with Gasteiger partial charge in [-0.1, -0.05) is 5.16 Å². The molecule has 0 saturated carbocycles. The highest BCUT2D eigenvalue weighted by Crippen LogP contribution is 1.93. The van der Waals surface area contributed by atoms with Gasteiger partial charge in [0, 0.05) is 11.8 Å². The van der Waals surface area contributed by atoms with E-state index in [-0.39, 0.29) is 5.78 Å². The summed E-state index contributed by atoms with van der Waals surface area (Å²) in [6, 6.07) is 0. The van der Waals surface area contributed by atoms with Crippen molar-refractivity contribution in [2.24, 2.45) is 5.16 Å². The first-order valence-electron chi connectivity index (χ1n) is 3.00. The molecule has 0 saturated heterocycles. The van der Waals surface area contributed by atoms with Gasteiger partial charge in [0.05, 0.1) is 0 Å². The van der Waals surface area contributed by atoms with Crippen LogP contribution in [0.15, 0.2) is 17.0 Å². The number of hydrogen-bond acceptors (Lipinski definition) is 3. The standard InChI is InChI=1S/C7H11NO2/c1-4-8-10-5-6(2)7(3)9/h4-5H,1-3H3/b6-5+,8-4+. The smallest absolute Gasteiger partial charge is 0.158 e. The third-order valence-corrected chi connectivity index (χ3v) is 0.951. The number of oxime groups is 1. The third-order valence-electron chi connectivity index (χ3n) is 0.951. The summed E-state index contributed by atoms with van der Waals surface area (Å²) in [4.78, 5) is 15.1. The second kappa shape index (κ2) is 4.73. The second-order valence-corrected chi connectivity index (χ2v) is 1.83. The summed E-state index contributed by atoms with van der Waals surface area (Å²) in [6.45, 7) is 4.88. The Morgan fingerprint density at radius 1 is 1.50 bits per heavy atom. The summed E-state index contributed by atoms with van der Waals surface area (Å²) in [5.41, 5.74) is 0.561. The first-order chi connectivity index (χ1) is 4.68. The highest BCUT2D eigenvalue weighted by molar-refractivity contribution is 5.92. The number of Topliss-reactive ketones (excluding diaryl/α,β-unsaturated/α-hetero) is 1. The van der Waals surface area contributed by atoms with Crippen LogP contribution in [0.25, 0.3) is 0 Å². The number of ketones is 1.